The van der Waals surface area contributed by atoms with Gasteiger partial charge in [-0.3, -0.25) is 19.3 Å². The summed E-state index contributed by atoms with van der Waals surface area (Å²) in [5.41, 5.74) is 14.5. The summed E-state index contributed by atoms with van der Waals surface area (Å²) in [7, 11) is 3.51. The molecule has 5 aliphatic rings. The molecule has 0 aliphatic carbocycles. The molecule has 4 fully saturated rings. The van der Waals surface area contributed by atoms with Crippen molar-refractivity contribution in [2.24, 2.45) is 5.73 Å². The number of amides is 3. The third-order valence-electron chi connectivity index (χ3n) is 27.6. The second-order valence-electron chi connectivity index (χ2n) is 37.7. The van der Waals surface area contributed by atoms with Gasteiger partial charge in [0.1, 0.15) is 79.4 Å². The lowest BCUT2D eigenvalue weighted by Crippen LogP contribution is -2.40. The van der Waals surface area contributed by atoms with Crippen LogP contribution in [-0.2, 0) is 4.74 Å². The summed E-state index contributed by atoms with van der Waals surface area (Å²) in [6.07, 6.45) is 9.43. The van der Waals surface area contributed by atoms with E-state index in [1.165, 1.54) is 82.3 Å². The van der Waals surface area contributed by atoms with Crippen molar-refractivity contribution in [1.82, 2.24) is 34.4 Å². The average Bonchev–Trinajstić information content (AvgIpc) is 1.53. The molecule has 21 rings (SSSR count). The monoisotopic (exact) mass is 1900 g/mol. The van der Waals surface area contributed by atoms with E-state index in [0.717, 1.165) is 150 Å². The molecule has 5 aliphatic heterocycles. The number of hydrogen-bond donors (Lipinski definition) is 6. The first-order chi connectivity index (χ1) is 68.3. The molecule has 16 aromatic rings. The van der Waals surface area contributed by atoms with Crippen LogP contribution in [0.2, 0.25) is 0 Å². The van der Waals surface area contributed by atoms with Crippen LogP contribution in [0.3, 0.4) is 0 Å². The first kappa shape index (κ1) is 97.0. The molecule has 23 nitrogen and oxygen atoms in total. The molecule has 3 amide bonds. The van der Waals surface area contributed by atoms with E-state index in [2.05, 4.69) is 201 Å². The van der Waals surface area contributed by atoms with Crippen molar-refractivity contribution >= 4 is 127 Å². The van der Waals surface area contributed by atoms with Crippen molar-refractivity contribution in [1.29, 1.82) is 0 Å². The zero-order chi connectivity index (χ0) is 96.5. The highest BCUT2D eigenvalue weighted by molar-refractivity contribution is 7.20. The lowest BCUT2D eigenvalue weighted by atomic mass is 9.88. The standard InChI is InChI=1S/C31H32N2O4.C29H32N2O3S.C29H31NO5.C27H29N3O3/c34-27(20-32-16-12-23(13-17-32)25-11-10-22-6-1-2-7-24(22)18-25)21-36-28-9-5-8-26-19-29(37-30(26)28)31(35)33-14-3-4-15-33;1-30(2)29(33)28-17-25-26(8-5-9-27(25)35-28)34-19-24(32)18-31-14-12-21(13-15-31)23-11-10-20-6-3-4-7-22(20)16-23;1-2-33-29(32)28-17-25-26(8-5-9-27(25)35-28)34-19-24(31)18-30-14-12-21(13-15-30)23-11-10-20-6-3-4-7-22(20)16-23;28-27(32)25-15-23-24(29-25)6-3-7-26(23)33-17-22(31)16-30-12-10-19(11-13-30)21-9-8-18-4-1-2-5-20(18)14-21/h1-2,5-12,18-19,27,34H,3-4,13-17,20-21H2;3-11,16-17,21,24,32H,12-15,18-19H2,1-2H3;3-11,16-17,21,24,31H,2,12-15,18-19H2,1H3;1-9,14-15,19,22,29,31H,10-13,16-17H2,(H2,28,32)/t27-;2*24-;/m000./s1. The van der Waals surface area contributed by atoms with E-state index in [4.69, 9.17) is 38.3 Å². The first-order valence-electron chi connectivity index (χ1n) is 49.2. The number of benzene rings is 12. The van der Waals surface area contributed by atoms with E-state index < -0.39 is 36.3 Å². The Morgan fingerprint density at radius 1 is 0.436 bits per heavy atom. The summed E-state index contributed by atoms with van der Waals surface area (Å²) in [6.45, 7) is 14.1. The highest BCUT2D eigenvalue weighted by Crippen LogP contribution is 2.40. The number of β-amino-alcohol motifs (C(OH)–C–C–N with tert-alkyl or cyclic N) is 4. The molecular weight excluding hydrogens is 1780 g/mol. The number of para-hydroxylation sites is 1. The number of furan rings is 2. The number of nitrogens with two attached hydrogens (primary N) is 1. The van der Waals surface area contributed by atoms with E-state index >= 15 is 0 Å². The fraction of sp³-hybridized carbons (Fsp3) is 0.328. The number of primary amides is 1. The van der Waals surface area contributed by atoms with E-state index in [1.54, 1.807) is 56.3 Å². The maximum Gasteiger partial charge on any atom is 0.374 e. The van der Waals surface area contributed by atoms with Gasteiger partial charge >= 0.3 is 5.97 Å². The zero-order valence-corrected chi connectivity index (χ0v) is 80.6. The van der Waals surface area contributed by atoms with Gasteiger partial charge in [-0.2, -0.15) is 0 Å². The van der Waals surface area contributed by atoms with Gasteiger partial charge in [0.05, 0.1) is 16.9 Å². The van der Waals surface area contributed by atoms with Crippen molar-refractivity contribution in [3.8, 4) is 23.0 Å². The van der Waals surface area contributed by atoms with Gasteiger partial charge in [0.25, 0.3) is 17.7 Å². The van der Waals surface area contributed by atoms with Crippen molar-refractivity contribution < 1.29 is 72.1 Å². The van der Waals surface area contributed by atoms with Gasteiger partial charge in [-0.25, -0.2) is 4.79 Å². The molecule has 9 heterocycles. The highest BCUT2D eigenvalue weighted by atomic mass is 32.1. The van der Waals surface area contributed by atoms with Crippen LogP contribution in [0.4, 0.5) is 0 Å². The smallest absolute Gasteiger partial charge is 0.374 e. The molecule has 1 unspecified atom stereocenters. The molecule has 0 spiro atoms. The summed E-state index contributed by atoms with van der Waals surface area (Å²) >= 11 is 1.47. The minimum absolute atomic E-state index is 0.00993. The molecule has 0 saturated carbocycles. The van der Waals surface area contributed by atoms with Gasteiger partial charge < -0.3 is 88.2 Å². The van der Waals surface area contributed by atoms with Crippen molar-refractivity contribution in [3.63, 3.8) is 0 Å². The van der Waals surface area contributed by atoms with Gasteiger partial charge in [0.15, 0.2) is 17.1 Å². The molecular formula is C116H124N8O15S. The fourth-order valence-corrected chi connectivity index (χ4v) is 21.2. The number of nitrogens with one attached hydrogen (secondary N) is 1. The Labute approximate surface area is 819 Å². The Morgan fingerprint density at radius 3 is 1.37 bits per heavy atom. The van der Waals surface area contributed by atoms with Crippen molar-refractivity contribution in [3.05, 3.63) is 317 Å². The molecule has 0 radical (unpaired) electrons. The summed E-state index contributed by atoms with van der Waals surface area (Å²) in [5, 5.41) is 56.1. The van der Waals surface area contributed by atoms with Crippen LogP contribution in [-0.4, -0.2) is 242 Å². The maximum atomic E-state index is 12.7. The number of esters is 1. The number of hydrogen-bond acceptors (Lipinski definition) is 20. The predicted octanol–water partition coefficient (Wildman–Crippen LogP) is 20.1. The van der Waals surface area contributed by atoms with Crippen LogP contribution < -0.4 is 24.7 Å². The second-order valence-corrected chi connectivity index (χ2v) is 38.8. The molecule has 4 saturated heterocycles. The molecule has 24 heteroatoms. The Morgan fingerprint density at radius 2 is 0.879 bits per heavy atom. The normalized spacial score (nSPS) is 16.4. The number of rotatable bonds is 29. The number of aliphatic hydroxyl groups excluding tert-OH is 4. The number of aliphatic hydroxyl groups is 4. The Bertz CT molecular complexity index is 7010. The number of carbonyl (C=O) groups excluding carboxylic acids is 4. The summed E-state index contributed by atoms with van der Waals surface area (Å²) in [6, 6.07) is 90.4. The van der Waals surface area contributed by atoms with Crippen LogP contribution in [0.15, 0.2) is 282 Å². The van der Waals surface area contributed by atoms with Crippen LogP contribution in [0, 0.1) is 0 Å². The largest absolute Gasteiger partial charge is 0.490 e. The van der Waals surface area contributed by atoms with Gasteiger partial charge in [-0.15, -0.1) is 11.3 Å². The highest BCUT2D eigenvalue weighted by Gasteiger charge is 2.30. The zero-order valence-electron chi connectivity index (χ0n) is 79.8. The maximum absolute atomic E-state index is 12.7. The molecule has 7 N–H and O–H groups in total. The third-order valence-corrected chi connectivity index (χ3v) is 28.7. The quantitative estimate of drug-likeness (QED) is 0.0238. The number of aromatic amines is 1. The lowest BCUT2D eigenvalue weighted by Gasteiger charge is -2.33. The van der Waals surface area contributed by atoms with Gasteiger partial charge in [0, 0.05) is 98.9 Å². The van der Waals surface area contributed by atoms with Crippen LogP contribution in [0.1, 0.15) is 146 Å². The molecule has 12 aromatic carbocycles. The van der Waals surface area contributed by atoms with Crippen molar-refractivity contribution in [2.75, 3.05) is 139 Å². The predicted molar refractivity (Wildman–Crippen MR) is 556 cm³/mol. The van der Waals surface area contributed by atoms with Gasteiger partial charge in [-0.1, -0.05) is 200 Å². The number of likely N-dealkylation sites (tertiary alicyclic amines) is 4. The fourth-order valence-electron chi connectivity index (χ4n) is 20.1. The number of H-pyrrole nitrogens is 1. The number of fused-ring (bicyclic) bond motifs is 8. The Kier molecular flexibility index (Phi) is 31.7. The lowest BCUT2D eigenvalue weighted by molar-refractivity contribution is 0.0492. The van der Waals surface area contributed by atoms with E-state index in [9.17, 15) is 39.6 Å². The third kappa shape index (κ3) is 24.2. The van der Waals surface area contributed by atoms with E-state index in [0.29, 0.717) is 99.8 Å². The van der Waals surface area contributed by atoms with E-state index in [1.807, 2.05) is 71.6 Å². The Balaban J connectivity index is 0.000000124. The molecule has 0 bridgehead atoms. The summed E-state index contributed by atoms with van der Waals surface area (Å²) in [5.74, 6) is 3.56. The Hall–Kier alpha value is -13.2. The minimum atomic E-state index is -0.633. The number of ether oxygens (including phenoxy) is 5. The SMILES string of the molecule is CCOC(=O)c1cc2c(OC[C@@H](O)CN3CCC(c4ccc5ccccc5c4)CC3)cccc2o1.CN(C)C(=O)c1cc2c(OC[C@@H](O)CN3CCC(c4ccc5ccccc5c4)CC3)cccc2s1.NC(=O)c1cc2c(OCC(O)CN3CCC(c4ccc5ccccc5c4)CC3)cccc2[nH]1.O=C(c1cc2cccc(OC[C@@H](O)CN3CC=C(c4ccc5ccccc5c4)CC3)c2o1)N1CCCC1. The number of aromatic nitrogens is 1. The van der Waals surface area contributed by atoms with Crippen LogP contribution >= 0.6 is 11.3 Å². The molecule has 4 aromatic heterocycles. The topological polar surface area (TPSA) is 283 Å². The second kappa shape index (κ2) is 45.8. The number of carbonyl (C=O) groups is 4. The number of piperidine rings is 3. The van der Waals surface area contributed by atoms with Crippen molar-refractivity contribution in [2.45, 2.75) is 107 Å². The molecule has 724 valence electrons. The van der Waals surface area contributed by atoms with Crippen LogP contribution in [0.5, 0.6) is 23.0 Å². The summed E-state index contributed by atoms with van der Waals surface area (Å²) in [4.78, 5) is 64.8. The first-order valence-corrected chi connectivity index (χ1v) is 50.0. The minimum Gasteiger partial charge on any atom is -0.490 e. The van der Waals surface area contributed by atoms with Gasteiger partial charge in [-0.05, 0) is 259 Å². The average molecular weight is 1900 g/mol. The number of nitrogens with zero attached hydrogens (tertiary/aromatic N) is 6. The molecule has 4 atom stereocenters. The summed E-state index contributed by atoms with van der Waals surface area (Å²) < 4.78 is 41.3. The van der Waals surface area contributed by atoms with E-state index in [-0.39, 0.29) is 50.6 Å². The number of thiophene rings is 1. The van der Waals surface area contributed by atoms with Gasteiger partial charge in [0.2, 0.25) is 5.76 Å². The van der Waals surface area contributed by atoms with Crippen LogP contribution in [0.25, 0.3) is 91.6 Å². The molecule has 140 heavy (non-hydrogen) atoms.